The molecule has 0 bridgehead atoms. The van der Waals surface area contributed by atoms with Crippen LogP contribution in [-0.4, -0.2) is 46.0 Å². The van der Waals surface area contributed by atoms with Gasteiger partial charge in [0.05, 0.1) is 19.4 Å². The molecule has 1 aliphatic heterocycles. The molecule has 1 aliphatic rings. The summed E-state index contributed by atoms with van der Waals surface area (Å²) in [5.41, 5.74) is 6.16. The van der Waals surface area contributed by atoms with Crippen molar-refractivity contribution in [1.29, 1.82) is 0 Å². The fourth-order valence-corrected chi connectivity index (χ4v) is 4.34. The minimum absolute atomic E-state index is 0.0418. The Hall–Kier alpha value is -4.67. The van der Waals surface area contributed by atoms with Gasteiger partial charge in [0.25, 0.3) is 5.91 Å². The Bertz CT molecular complexity index is 1450. The SMILES string of the molecule is CCOC(=O)C1C(C)=Nc2c(c(NNC(=O)c3cccc(OC)c3)nc(=O)n2-c2cccc(O)c2)C1C. The first-order chi connectivity index (χ1) is 17.7. The molecule has 3 N–H and O–H groups in total. The Balaban J connectivity index is 1.81. The summed E-state index contributed by atoms with van der Waals surface area (Å²) in [4.78, 5) is 47.5. The van der Waals surface area contributed by atoms with Crippen molar-refractivity contribution >= 4 is 29.2 Å². The number of esters is 1. The summed E-state index contributed by atoms with van der Waals surface area (Å²) < 4.78 is 11.7. The van der Waals surface area contributed by atoms with Gasteiger partial charge in [-0.25, -0.2) is 14.4 Å². The van der Waals surface area contributed by atoms with E-state index in [0.717, 1.165) is 0 Å². The molecule has 2 aromatic carbocycles. The van der Waals surface area contributed by atoms with Crippen molar-refractivity contribution in [3.05, 3.63) is 70.1 Å². The molecule has 4 rings (SSSR count). The lowest BCUT2D eigenvalue weighted by atomic mass is 9.82. The number of aliphatic imine (C=N–C) groups is 1. The lowest BCUT2D eigenvalue weighted by Crippen LogP contribution is -2.37. The van der Waals surface area contributed by atoms with Crippen LogP contribution < -0.4 is 21.3 Å². The third kappa shape index (κ3) is 5.01. The van der Waals surface area contributed by atoms with Crippen LogP contribution in [0.4, 0.5) is 11.6 Å². The van der Waals surface area contributed by atoms with Gasteiger partial charge in [0.15, 0.2) is 5.82 Å². The van der Waals surface area contributed by atoms with Crippen LogP contribution in [0.1, 0.15) is 42.6 Å². The topological polar surface area (TPSA) is 144 Å². The number of carbonyl (C=O) groups is 2. The molecule has 0 saturated carbocycles. The minimum Gasteiger partial charge on any atom is -0.508 e. The van der Waals surface area contributed by atoms with Crippen LogP contribution in [0.3, 0.4) is 0 Å². The van der Waals surface area contributed by atoms with Crippen molar-refractivity contribution < 1.29 is 24.2 Å². The molecule has 0 spiro atoms. The number of fused-ring (bicyclic) bond motifs is 1. The molecule has 2 heterocycles. The number of hydrazine groups is 1. The van der Waals surface area contributed by atoms with Crippen molar-refractivity contribution in [2.45, 2.75) is 26.7 Å². The monoisotopic (exact) mass is 505 g/mol. The summed E-state index contributed by atoms with van der Waals surface area (Å²) in [7, 11) is 1.50. The molecule has 0 radical (unpaired) electrons. The van der Waals surface area contributed by atoms with E-state index in [-0.39, 0.29) is 24.0 Å². The van der Waals surface area contributed by atoms with Crippen LogP contribution in [0.25, 0.3) is 5.69 Å². The summed E-state index contributed by atoms with van der Waals surface area (Å²) >= 11 is 0. The van der Waals surface area contributed by atoms with E-state index in [0.29, 0.717) is 28.3 Å². The first kappa shape index (κ1) is 25.4. The number of nitrogens with one attached hydrogen (secondary N) is 2. The molecule has 2 unspecified atom stereocenters. The van der Waals surface area contributed by atoms with Crippen molar-refractivity contribution in [3.63, 3.8) is 0 Å². The number of benzene rings is 2. The maximum Gasteiger partial charge on any atom is 0.355 e. The lowest BCUT2D eigenvalue weighted by molar-refractivity contribution is -0.146. The minimum atomic E-state index is -0.723. The first-order valence-corrected chi connectivity index (χ1v) is 11.6. The van der Waals surface area contributed by atoms with Crippen LogP contribution in [0.2, 0.25) is 0 Å². The Kier molecular flexibility index (Phi) is 7.23. The van der Waals surface area contributed by atoms with E-state index in [1.165, 1.54) is 23.8 Å². The van der Waals surface area contributed by atoms with Crippen molar-refractivity contribution in [2.75, 3.05) is 19.1 Å². The second-order valence-electron chi connectivity index (χ2n) is 8.42. The number of carbonyl (C=O) groups excluding carboxylic acids is 2. The van der Waals surface area contributed by atoms with Gasteiger partial charge in [-0.3, -0.25) is 20.4 Å². The fraction of sp³-hybridized carbons (Fsp3) is 0.269. The molecule has 2 atom stereocenters. The second-order valence-corrected chi connectivity index (χ2v) is 8.42. The Morgan fingerprint density at radius 1 is 1.16 bits per heavy atom. The van der Waals surface area contributed by atoms with Gasteiger partial charge in [0.1, 0.15) is 23.2 Å². The summed E-state index contributed by atoms with van der Waals surface area (Å²) in [5.74, 6) is -1.44. The molecule has 0 saturated heterocycles. The van der Waals surface area contributed by atoms with E-state index < -0.39 is 29.4 Å². The molecule has 11 nitrogen and oxygen atoms in total. The van der Waals surface area contributed by atoms with E-state index >= 15 is 0 Å². The highest BCUT2D eigenvalue weighted by Crippen LogP contribution is 2.42. The van der Waals surface area contributed by atoms with Crippen LogP contribution in [0, 0.1) is 5.92 Å². The molecule has 1 aromatic heterocycles. The van der Waals surface area contributed by atoms with E-state index in [1.54, 1.807) is 57.2 Å². The zero-order valence-electron chi connectivity index (χ0n) is 20.8. The maximum absolute atomic E-state index is 13.2. The normalized spacial score (nSPS) is 16.3. The highest BCUT2D eigenvalue weighted by molar-refractivity contribution is 6.04. The lowest BCUT2D eigenvalue weighted by Gasteiger charge is -2.30. The molecule has 192 valence electrons. The van der Waals surface area contributed by atoms with Crippen LogP contribution in [0.5, 0.6) is 11.5 Å². The second kappa shape index (κ2) is 10.5. The van der Waals surface area contributed by atoms with Crippen LogP contribution >= 0.6 is 0 Å². The quantitative estimate of drug-likeness (QED) is 0.328. The number of amides is 1. The molecule has 3 aromatic rings. The number of hydrogen-bond donors (Lipinski definition) is 3. The number of phenols is 1. The summed E-state index contributed by atoms with van der Waals surface area (Å²) in [6.45, 7) is 5.40. The number of phenolic OH excluding ortho intramolecular Hbond substituents is 1. The molecular weight excluding hydrogens is 478 g/mol. The number of hydrogen-bond acceptors (Lipinski definition) is 9. The number of ether oxygens (including phenoxy) is 2. The number of aromatic hydroxyl groups is 1. The smallest absolute Gasteiger partial charge is 0.355 e. The van der Waals surface area contributed by atoms with Gasteiger partial charge in [-0.2, -0.15) is 4.98 Å². The molecule has 0 aliphatic carbocycles. The van der Waals surface area contributed by atoms with E-state index in [4.69, 9.17) is 9.47 Å². The molecule has 1 amide bonds. The van der Waals surface area contributed by atoms with Crippen molar-refractivity contribution in [1.82, 2.24) is 15.0 Å². The average molecular weight is 506 g/mol. The fourth-order valence-electron chi connectivity index (χ4n) is 4.34. The predicted octanol–water partition coefficient (Wildman–Crippen LogP) is 3.09. The number of nitrogens with zero attached hydrogens (tertiary/aromatic N) is 3. The van der Waals surface area contributed by atoms with E-state index in [1.807, 2.05) is 0 Å². The molecule has 0 fully saturated rings. The van der Waals surface area contributed by atoms with E-state index in [9.17, 15) is 19.5 Å². The number of anilines is 1. The third-order valence-electron chi connectivity index (χ3n) is 6.05. The average Bonchev–Trinajstić information content (AvgIpc) is 2.87. The van der Waals surface area contributed by atoms with Gasteiger partial charge < -0.3 is 14.6 Å². The van der Waals surface area contributed by atoms with Crippen LogP contribution in [0.15, 0.2) is 58.3 Å². The zero-order chi connectivity index (χ0) is 26.7. The van der Waals surface area contributed by atoms with Crippen LogP contribution in [-0.2, 0) is 9.53 Å². The van der Waals surface area contributed by atoms with Gasteiger partial charge >= 0.3 is 11.7 Å². The number of methoxy groups -OCH3 is 1. The van der Waals surface area contributed by atoms with Gasteiger partial charge in [-0.1, -0.05) is 19.1 Å². The Morgan fingerprint density at radius 3 is 2.62 bits per heavy atom. The Morgan fingerprint density at radius 2 is 1.92 bits per heavy atom. The highest BCUT2D eigenvalue weighted by atomic mass is 16.5. The van der Waals surface area contributed by atoms with Gasteiger partial charge in [0, 0.05) is 28.8 Å². The van der Waals surface area contributed by atoms with Gasteiger partial charge in [-0.05, 0) is 44.2 Å². The van der Waals surface area contributed by atoms with Gasteiger partial charge in [0.2, 0.25) is 0 Å². The summed E-state index contributed by atoms with van der Waals surface area (Å²) in [6, 6.07) is 12.7. The van der Waals surface area contributed by atoms with E-state index in [2.05, 4.69) is 20.8 Å². The number of rotatable bonds is 7. The number of aromatic nitrogens is 2. The largest absolute Gasteiger partial charge is 0.508 e. The highest BCUT2D eigenvalue weighted by Gasteiger charge is 2.38. The van der Waals surface area contributed by atoms with Crippen molar-refractivity contribution in [3.8, 4) is 17.2 Å². The maximum atomic E-state index is 13.2. The standard InChI is InChI=1S/C26H27N5O6/c1-5-37-25(34)20-14(2)21-22(29-30-24(33)16-8-6-11-19(12-16)36-4)28-26(35)31(23(21)27-15(20)3)17-9-7-10-18(32)13-17/h6-14,20,32H,5H2,1-4H3,(H,30,33)(H,28,29,35). The molecular formula is C26H27N5O6. The molecule has 37 heavy (non-hydrogen) atoms. The third-order valence-corrected chi connectivity index (χ3v) is 6.05. The van der Waals surface area contributed by atoms with Crippen molar-refractivity contribution in [2.24, 2.45) is 10.9 Å². The Labute approximate surface area is 212 Å². The molecule has 11 heteroatoms. The summed E-state index contributed by atoms with van der Waals surface area (Å²) in [6.07, 6.45) is 0. The zero-order valence-corrected chi connectivity index (χ0v) is 20.8. The predicted molar refractivity (Wildman–Crippen MR) is 137 cm³/mol. The van der Waals surface area contributed by atoms with Gasteiger partial charge in [-0.15, -0.1) is 0 Å². The first-order valence-electron chi connectivity index (χ1n) is 11.6. The summed E-state index contributed by atoms with van der Waals surface area (Å²) in [5, 5.41) is 9.99.